The van der Waals surface area contributed by atoms with E-state index in [1.807, 2.05) is 0 Å². The van der Waals surface area contributed by atoms with Crippen molar-refractivity contribution in [2.75, 3.05) is 0 Å². The number of alkyl halides is 6. The summed E-state index contributed by atoms with van der Waals surface area (Å²) in [6.45, 7) is 0. The zero-order valence-corrected chi connectivity index (χ0v) is 11.3. The maximum absolute atomic E-state index is 12.5. The van der Waals surface area contributed by atoms with Crippen molar-refractivity contribution in [3.8, 4) is 29.2 Å². The standard InChI is InChI=1S/C16H8F6O/c1-2-10-3-4-12(9-14(10)23-16(20,21)22)11-5-7-13(8-6-11)15(17,18)19/h1,3-9H. The quantitative estimate of drug-likeness (QED) is 0.540. The predicted molar refractivity (Wildman–Crippen MR) is 71.5 cm³/mol. The van der Waals surface area contributed by atoms with Crippen LogP contribution in [0.3, 0.4) is 0 Å². The average Bonchev–Trinajstić information content (AvgIpc) is 2.45. The number of benzene rings is 2. The Morgan fingerprint density at radius 2 is 1.39 bits per heavy atom. The molecule has 0 bridgehead atoms. The van der Waals surface area contributed by atoms with Gasteiger partial charge in [0.15, 0.2) is 0 Å². The van der Waals surface area contributed by atoms with Gasteiger partial charge in [0.05, 0.1) is 11.1 Å². The normalized spacial score (nSPS) is 11.9. The molecule has 0 radical (unpaired) electrons. The SMILES string of the molecule is C#Cc1ccc(-c2ccc(C(F)(F)F)cc2)cc1OC(F)(F)F. The van der Waals surface area contributed by atoms with E-state index < -0.39 is 23.9 Å². The van der Waals surface area contributed by atoms with E-state index in [1.54, 1.807) is 0 Å². The second kappa shape index (κ2) is 5.88. The molecule has 0 aliphatic carbocycles. The molecule has 1 nitrogen and oxygen atoms in total. The summed E-state index contributed by atoms with van der Waals surface area (Å²) >= 11 is 0. The van der Waals surface area contributed by atoms with Crippen LogP contribution >= 0.6 is 0 Å². The van der Waals surface area contributed by atoms with Crippen molar-refractivity contribution in [2.24, 2.45) is 0 Å². The topological polar surface area (TPSA) is 9.23 Å². The molecule has 0 aromatic heterocycles. The van der Waals surface area contributed by atoms with E-state index in [-0.39, 0.29) is 11.1 Å². The maximum atomic E-state index is 12.5. The van der Waals surface area contributed by atoms with Gasteiger partial charge in [-0.2, -0.15) is 13.2 Å². The van der Waals surface area contributed by atoms with E-state index in [1.165, 1.54) is 12.1 Å². The molecule has 0 fully saturated rings. The van der Waals surface area contributed by atoms with Crippen LogP contribution in [0.15, 0.2) is 42.5 Å². The Bertz CT molecular complexity index is 735. The van der Waals surface area contributed by atoms with Gasteiger partial charge in [-0.3, -0.25) is 0 Å². The lowest BCUT2D eigenvalue weighted by atomic mass is 10.0. The number of hydrogen-bond acceptors (Lipinski definition) is 1. The molecule has 0 aliphatic rings. The molecule has 0 amide bonds. The van der Waals surface area contributed by atoms with Crippen molar-refractivity contribution in [1.29, 1.82) is 0 Å². The lowest BCUT2D eigenvalue weighted by molar-refractivity contribution is -0.274. The Morgan fingerprint density at radius 3 is 1.87 bits per heavy atom. The highest BCUT2D eigenvalue weighted by molar-refractivity contribution is 5.67. The lowest BCUT2D eigenvalue weighted by Gasteiger charge is -2.13. The number of hydrogen-bond donors (Lipinski definition) is 0. The minimum Gasteiger partial charge on any atom is -0.404 e. The number of rotatable bonds is 2. The van der Waals surface area contributed by atoms with E-state index in [0.29, 0.717) is 5.56 Å². The maximum Gasteiger partial charge on any atom is 0.573 e. The number of terminal acetylenes is 1. The first-order valence-corrected chi connectivity index (χ1v) is 6.14. The van der Waals surface area contributed by atoms with Crippen molar-refractivity contribution in [1.82, 2.24) is 0 Å². The Hall–Kier alpha value is -2.62. The summed E-state index contributed by atoms with van der Waals surface area (Å²) in [6.07, 6.45) is -4.31. The first kappa shape index (κ1) is 16.7. The van der Waals surface area contributed by atoms with Crippen molar-refractivity contribution < 1.29 is 31.1 Å². The van der Waals surface area contributed by atoms with Gasteiger partial charge in [0.1, 0.15) is 5.75 Å². The van der Waals surface area contributed by atoms with Gasteiger partial charge in [-0.05, 0) is 35.4 Å². The van der Waals surface area contributed by atoms with Crippen molar-refractivity contribution >= 4 is 0 Å². The molecular formula is C16H8F6O. The van der Waals surface area contributed by atoms with Crippen LogP contribution in [0.1, 0.15) is 11.1 Å². The summed E-state index contributed by atoms with van der Waals surface area (Å²) in [5, 5.41) is 0. The first-order chi connectivity index (χ1) is 10.6. The molecule has 0 N–H and O–H groups in total. The van der Waals surface area contributed by atoms with Gasteiger partial charge in [0, 0.05) is 0 Å². The number of ether oxygens (including phenoxy) is 1. The Balaban J connectivity index is 2.41. The third-order valence-corrected chi connectivity index (χ3v) is 2.91. The minimum absolute atomic E-state index is 0.113. The zero-order chi connectivity index (χ0) is 17.3. The second-order valence-electron chi connectivity index (χ2n) is 4.48. The summed E-state index contributed by atoms with van der Waals surface area (Å²) in [5.41, 5.74) is -0.420. The summed E-state index contributed by atoms with van der Waals surface area (Å²) in [5.74, 6) is 1.47. The van der Waals surface area contributed by atoms with Crippen LogP contribution in [0.2, 0.25) is 0 Å². The van der Waals surface area contributed by atoms with E-state index in [9.17, 15) is 26.3 Å². The first-order valence-electron chi connectivity index (χ1n) is 6.14. The van der Waals surface area contributed by atoms with Gasteiger partial charge in [-0.25, -0.2) is 0 Å². The molecule has 7 heteroatoms. The van der Waals surface area contributed by atoms with E-state index in [0.717, 1.165) is 30.3 Å². The van der Waals surface area contributed by atoms with Crippen LogP contribution in [0.25, 0.3) is 11.1 Å². The van der Waals surface area contributed by atoms with Gasteiger partial charge in [0.25, 0.3) is 0 Å². The zero-order valence-electron chi connectivity index (χ0n) is 11.3. The van der Waals surface area contributed by atoms with Gasteiger partial charge >= 0.3 is 12.5 Å². The summed E-state index contributed by atoms with van der Waals surface area (Å²) in [4.78, 5) is 0. The average molecular weight is 330 g/mol. The van der Waals surface area contributed by atoms with Crippen molar-refractivity contribution in [3.63, 3.8) is 0 Å². The molecule has 0 saturated heterocycles. The second-order valence-corrected chi connectivity index (χ2v) is 4.48. The smallest absolute Gasteiger partial charge is 0.404 e. The molecule has 2 rings (SSSR count). The third-order valence-electron chi connectivity index (χ3n) is 2.91. The summed E-state index contributed by atoms with van der Waals surface area (Å²) < 4.78 is 78.4. The monoisotopic (exact) mass is 330 g/mol. The van der Waals surface area contributed by atoms with Crippen LogP contribution in [0.4, 0.5) is 26.3 Å². The van der Waals surface area contributed by atoms with Gasteiger partial charge in [-0.1, -0.05) is 24.1 Å². The molecular weight excluding hydrogens is 322 g/mol. The fraction of sp³-hybridized carbons (Fsp3) is 0.125. The largest absolute Gasteiger partial charge is 0.573 e. The molecule has 0 heterocycles. The highest BCUT2D eigenvalue weighted by atomic mass is 19.4. The fourth-order valence-electron chi connectivity index (χ4n) is 1.88. The van der Waals surface area contributed by atoms with Crippen LogP contribution < -0.4 is 4.74 Å². The van der Waals surface area contributed by atoms with Gasteiger partial charge in [-0.15, -0.1) is 19.6 Å². The van der Waals surface area contributed by atoms with Crippen LogP contribution in [0, 0.1) is 12.3 Å². The molecule has 2 aromatic carbocycles. The highest BCUT2D eigenvalue weighted by Gasteiger charge is 2.32. The lowest BCUT2D eigenvalue weighted by Crippen LogP contribution is -2.17. The van der Waals surface area contributed by atoms with E-state index in [4.69, 9.17) is 6.42 Å². The van der Waals surface area contributed by atoms with E-state index in [2.05, 4.69) is 10.7 Å². The summed E-state index contributed by atoms with van der Waals surface area (Å²) in [6, 6.07) is 7.67. The molecule has 0 spiro atoms. The molecule has 2 aromatic rings. The van der Waals surface area contributed by atoms with Gasteiger partial charge < -0.3 is 4.74 Å². The van der Waals surface area contributed by atoms with E-state index >= 15 is 0 Å². The molecule has 23 heavy (non-hydrogen) atoms. The Kier molecular flexibility index (Phi) is 4.28. The Labute approximate surface area is 127 Å². The predicted octanol–water partition coefficient (Wildman–Crippen LogP) is 5.25. The third kappa shape index (κ3) is 4.19. The van der Waals surface area contributed by atoms with Crippen LogP contribution in [-0.4, -0.2) is 6.36 Å². The van der Waals surface area contributed by atoms with Crippen molar-refractivity contribution in [2.45, 2.75) is 12.5 Å². The highest BCUT2D eigenvalue weighted by Crippen LogP contribution is 2.33. The molecule has 0 saturated carbocycles. The minimum atomic E-state index is -4.93. The molecule has 120 valence electrons. The molecule has 0 aliphatic heterocycles. The Morgan fingerprint density at radius 1 is 0.826 bits per heavy atom. The fourth-order valence-corrected chi connectivity index (χ4v) is 1.88. The summed E-state index contributed by atoms with van der Waals surface area (Å²) in [7, 11) is 0. The van der Waals surface area contributed by atoms with Crippen LogP contribution in [-0.2, 0) is 6.18 Å². The van der Waals surface area contributed by atoms with Gasteiger partial charge in [0.2, 0.25) is 0 Å². The molecule has 0 atom stereocenters. The molecule has 0 unspecified atom stereocenters. The van der Waals surface area contributed by atoms with Crippen LogP contribution in [0.5, 0.6) is 5.75 Å². The van der Waals surface area contributed by atoms with Crippen molar-refractivity contribution in [3.05, 3.63) is 53.6 Å². The number of halogens is 6.